The highest BCUT2D eigenvalue weighted by Gasteiger charge is 2.31. The van der Waals surface area contributed by atoms with Crippen molar-refractivity contribution in [3.05, 3.63) is 23.8 Å². The van der Waals surface area contributed by atoms with Crippen LogP contribution in [0.1, 0.15) is 6.99 Å². The Balaban J connectivity index is 0.00000361. The zero-order valence-corrected chi connectivity index (χ0v) is 9.76. The molecule has 0 radical (unpaired) electrons. The standard InChI is InChI=1S/C11H10F3N3O2.H2/c1-6-2-3-7(17-10(18)8(16)5-15)4-9(6)19-11(12,13)14;/h2-5,15-16H,1H3,(H,17,18);1H. The first-order chi connectivity index (χ1) is 8.73. The molecule has 1 rings (SSSR count). The van der Waals surface area contributed by atoms with E-state index in [9.17, 15) is 18.0 Å². The first-order valence-electron chi connectivity index (χ1n) is 4.99. The van der Waals surface area contributed by atoms with E-state index in [0.717, 1.165) is 6.07 Å². The van der Waals surface area contributed by atoms with Crippen molar-refractivity contribution in [3.8, 4) is 5.75 Å². The molecule has 0 unspecified atom stereocenters. The summed E-state index contributed by atoms with van der Waals surface area (Å²) in [4.78, 5) is 11.3. The predicted octanol–water partition coefficient (Wildman–Crippen LogP) is 2.75. The maximum Gasteiger partial charge on any atom is 0.573 e. The van der Waals surface area contributed by atoms with Crippen molar-refractivity contribution < 1.29 is 24.1 Å². The molecule has 1 amide bonds. The van der Waals surface area contributed by atoms with Gasteiger partial charge in [-0.2, -0.15) is 0 Å². The van der Waals surface area contributed by atoms with Gasteiger partial charge in [0.25, 0.3) is 5.91 Å². The average molecular weight is 275 g/mol. The number of carbonyl (C=O) groups is 1. The van der Waals surface area contributed by atoms with Gasteiger partial charge in [-0.15, -0.1) is 13.2 Å². The minimum atomic E-state index is -4.82. The molecule has 19 heavy (non-hydrogen) atoms. The van der Waals surface area contributed by atoms with E-state index in [2.05, 4.69) is 10.1 Å². The van der Waals surface area contributed by atoms with Crippen LogP contribution in [0.4, 0.5) is 18.9 Å². The van der Waals surface area contributed by atoms with Crippen molar-refractivity contribution in [3.63, 3.8) is 0 Å². The third-order valence-corrected chi connectivity index (χ3v) is 2.06. The SMILES string of the molecule is Cc1ccc(NC(=O)C(=N)C=N)cc1OC(F)(F)F.[HH]. The van der Waals surface area contributed by atoms with E-state index in [4.69, 9.17) is 10.8 Å². The summed E-state index contributed by atoms with van der Waals surface area (Å²) in [6.45, 7) is 1.42. The molecule has 0 aliphatic rings. The smallest absolute Gasteiger partial charge is 0.405 e. The van der Waals surface area contributed by atoms with Gasteiger partial charge in [-0.1, -0.05) is 6.07 Å². The van der Waals surface area contributed by atoms with Crippen molar-refractivity contribution in [2.45, 2.75) is 13.3 Å². The lowest BCUT2D eigenvalue weighted by Crippen LogP contribution is -2.23. The van der Waals surface area contributed by atoms with Crippen LogP contribution in [0.15, 0.2) is 18.2 Å². The monoisotopic (exact) mass is 275 g/mol. The van der Waals surface area contributed by atoms with Crippen LogP contribution in [-0.2, 0) is 4.79 Å². The number of ether oxygens (including phenoxy) is 1. The summed E-state index contributed by atoms with van der Waals surface area (Å²) in [6.07, 6.45) is -4.30. The molecule has 104 valence electrons. The normalized spacial score (nSPS) is 10.7. The highest BCUT2D eigenvalue weighted by Crippen LogP contribution is 2.28. The maximum atomic E-state index is 12.1. The topological polar surface area (TPSA) is 86.0 Å². The molecule has 0 aliphatic carbocycles. The Kier molecular flexibility index (Phi) is 4.26. The number of nitrogens with one attached hydrogen (secondary N) is 3. The van der Waals surface area contributed by atoms with Gasteiger partial charge < -0.3 is 15.5 Å². The second-order valence-corrected chi connectivity index (χ2v) is 3.54. The van der Waals surface area contributed by atoms with Crippen molar-refractivity contribution >= 4 is 23.5 Å². The molecule has 0 fully saturated rings. The van der Waals surface area contributed by atoms with Gasteiger partial charge in [0.15, 0.2) is 0 Å². The van der Waals surface area contributed by atoms with E-state index in [1.807, 2.05) is 0 Å². The number of rotatable bonds is 4. The highest BCUT2D eigenvalue weighted by atomic mass is 19.4. The van der Waals surface area contributed by atoms with Gasteiger partial charge in [-0.05, 0) is 18.6 Å². The Morgan fingerprint density at radius 1 is 1.47 bits per heavy atom. The summed E-state index contributed by atoms with van der Waals surface area (Å²) < 4.78 is 40.2. The lowest BCUT2D eigenvalue weighted by Gasteiger charge is -2.13. The Bertz CT molecular complexity index is 532. The van der Waals surface area contributed by atoms with E-state index >= 15 is 0 Å². The quantitative estimate of drug-likeness (QED) is 0.738. The van der Waals surface area contributed by atoms with E-state index in [0.29, 0.717) is 6.21 Å². The molecule has 0 aliphatic heterocycles. The average Bonchev–Trinajstić information content (AvgIpc) is 2.30. The number of anilines is 1. The van der Waals surface area contributed by atoms with Crippen molar-refractivity contribution in [1.82, 2.24) is 0 Å². The number of hydrogen-bond donors (Lipinski definition) is 3. The first-order valence-corrected chi connectivity index (χ1v) is 4.99. The number of amides is 1. The van der Waals surface area contributed by atoms with Crippen LogP contribution >= 0.6 is 0 Å². The molecule has 8 heteroatoms. The van der Waals surface area contributed by atoms with Gasteiger partial charge >= 0.3 is 6.36 Å². The fourth-order valence-corrected chi connectivity index (χ4v) is 1.18. The Morgan fingerprint density at radius 2 is 2.11 bits per heavy atom. The Hall–Kier alpha value is -2.38. The van der Waals surface area contributed by atoms with Gasteiger partial charge in [0.1, 0.15) is 11.5 Å². The zero-order valence-electron chi connectivity index (χ0n) is 9.76. The Labute approximate surface area is 107 Å². The van der Waals surface area contributed by atoms with Crippen molar-refractivity contribution in [2.24, 2.45) is 0 Å². The highest BCUT2D eigenvalue weighted by molar-refractivity contribution is 6.61. The van der Waals surface area contributed by atoms with Crippen LogP contribution in [0.3, 0.4) is 0 Å². The summed E-state index contributed by atoms with van der Waals surface area (Å²) >= 11 is 0. The maximum absolute atomic E-state index is 12.1. The fraction of sp³-hybridized carbons (Fsp3) is 0.182. The molecule has 0 bridgehead atoms. The summed E-state index contributed by atoms with van der Waals surface area (Å²) in [7, 11) is 0. The second-order valence-electron chi connectivity index (χ2n) is 3.54. The van der Waals surface area contributed by atoms with Gasteiger partial charge in [0.05, 0.1) is 0 Å². The van der Waals surface area contributed by atoms with Crippen LogP contribution in [0.2, 0.25) is 0 Å². The van der Waals surface area contributed by atoms with Crippen LogP contribution in [0.5, 0.6) is 5.75 Å². The lowest BCUT2D eigenvalue weighted by molar-refractivity contribution is -0.274. The molecule has 3 N–H and O–H groups in total. The van der Waals surface area contributed by atoms with Gasteiger partial charge in [-0.3, -0.25) is 10.2 Å². The number of carbonyl (C=O) groups excluding carboxylic acids is 1. The fourth-order valence-electron chi connectivity index (χ4n) is 1.18. The number of benzene rings is 1. The van der Waals surface area contributed by atoms with Gasteiger partial charge in [-0.25, -0.2) is 0 Å². The third-order valence-electron chi connectivity index (χ3n) is 2.06. The summed E-state index contributed by atoms with van der Waals surface area (Å²) in [5.41, 5.74) is -0.322. The minimum Gasteiger partial charge on any atom is -0.405 e. The van der Waals surface area contributed by atoms with Gasteiger partial charge in [0, 0.05) is 19.4 Å². The lowest BCUT2D eigenvalue weighted by atomic mass is 10.2. The summed E-state index contributed by atoms with van der Waals surface area (Å²) in [5, 5.41) is 16.0. The Morgan fingerprint density at radius 3 is 2.63 bits per heavy atom. The molecule has 1 aromatic rings. The summed E-state index contributed by atoms with van der Waals surface area (Å²) in [5.74, 6) is -1.33. The molecule has 0 aromatic heterocycles. The van der Waals surface area contributed by atoms with E-state index < -0.39 is 23.7 Å². The van der Waals surface area contributed by atoms with E-state index in [-0.39, 0.29) is 12.7 Å². The molecule has 0 atom stereocenters. The number of hydrogen-bond acceptors (Lipinski definition) is 4. The van der Waals surface area contributed by atoms with Gasteiger partial charge in [0.2, 0.25) is 0 Å². The summed E-state index contributed by atoms with van der Waals surface area (Å²) in [6, 6.07) is 3.70. The van der Waals surface area contributed by atoms with Crippen LogP contribution < -0.4 is 10.1 Å². The predicted molar refractivity (Wildman–Crippen MR) is 65.1 cm³/mol. The first kappa shape index (κ1) is 14.7. The largest absolute Gasteiger partial charge is 0.573 e. The molecule has 0 heterocycles. The molecule has 0 spiro atoms. The molecular weight excluding hydrogens is 263 g/mol. The molecule has 0 saturated heterocycles. The number of halogens is 3. The molecule has 5 nitrogen and oxygen atoms in total. The van der Waals surface area contributed by atoms with E-state index in [1.165, 1.54) is 19.1 Å². The zero-order chi connectivity index (χ0) is 14.6. The molecule has 1 aromatic carbocycles. The van der Waals surface area contributed by atoms with Crippen molar-refractivity contribution in [1.29, 1.82) is 10.8 Å². The molecular formula is C11H12F3N3O2. The number of aryl methyl sites for hydroxylation is 1. The number of alkyl halides is 3. The van der Waals surface area contributed by atoms with Crippen LogP contribution in [0.25, 0.3) is 0 Å². The third kappa shape index (κ3) is 4.41. The van der Waals surface area contributed by atoms with Crippen molar-refractivity contribution in [2.75, 3.05) is 5.32 Å². The van der Waals surface area contributed by atoms with Crippen LogP contribution in [-0.4, -0.2) is 24.2 Å². The minimum absolute atomic E-state index is 0. The van der Waals surface area contributed by atoms with Crippen LogP contribution in [0, 0.1) is 17.7 Å². The van der Waals surface area contributed by atoms with E-state index in [1.54, 1.807) is 0 Å². The molecule has 0 saturated carbocycles. The second kappa shape index (κ2) is 5.51.